The number of aryl methyl sites for hydroxylation is 2. The molecule has 5 nitrogen and oxygen atoms in total. The van der Waals surface area contributed by atoms with Gasteiger partial charge in [0.25, 0.3) is 0 Å². The summed E-state index contributed by atoms with van der Waals surface area (Å²) in [4.78, 5) is 16.0. The number of hydrogen-bond donors (Lipinski definition) is 1. The molecule has 25 heavy (non-hydrogen) atoms. The van der Waals surface area contributed by atoms with Crippen LogP contribution in [0.5, 0.6) is 0 Å². The fourth-order valence-electron chi connectivity index (χ4n) is 2.58. The summed E-state index contributed by atoms with van der Waals surface area (Å²) in [5, 5.41) is 7.33. The van der Waals surface area contributed by atoms with Gasteiger partial charge in [-0.1, -0.05) is 24.8 Å². The van der Waals surface area contributed by atoms with E-state index in [0.29, 0.717) is 6.54 Å². The van der Waals surface area contributed by atoms with Crippen LogP contribution < -0.4 is 5.32 Å². The first-order chi connectivity index (χ1) is 12.1. The van der Waals surface area contributed by atoms with Crippen LogP contribution in [0, 0.1) is 6.92 Å². The molecule has 0 spiro atoms. The highest BCUT2D eigenvalue weighted by Gasteiger charge is 2.11. The first kappa shape index (κ1) is 16.6. The molecule has 0 saturated carbocycles. The highest BCUT2D eigenvalue weighted by Crippen LogP contribution is 2.28. The monoisotopic (exact) mass is 332 g/mol. The number of aromatic nitrogens is 3. The predicted octanol–water partition coefficient (Wildman–Crippen LogP) is 3.26. The van der Waals surface area contributed by atoms with Gasteiger partial charge in [-0.15, -0.1) is 0 Å². The molecule has 0 unspecified atom stereocenters. The summed E-state index contributed by atoms with van der Waals surface area (Å²) in [6.07, 6.45) is 5.03. The Kier molecular flexibility index (Phi) is 4.75. The molecule has 0 aliphatic rings. The minimum Gasteiger partial charge on any atom is -0.348 e. The van der Waals surface area contributed by atoms with Gasteiger partial charge in [0, 0.05) is 37.1 Å². The van der Waals surface area contributed by atoms with E-state index in [1.165, 1.54) is 6.08 Å². The molecule has 126 valence electrons. The van der Waals surface area contributed by atoms with Gasteiger partial charge in [0.2, 0.25) is 5.91 Å². The van der Waals surface area contributed by atoms with Crippen molar-refractivity contribution in [1.29, 1.82) is 0 Å². The Morgan fingerprint density at radius 1 is 1.24 bits per heavy atom. The molecule has 0 saturated heterocycles. The number of amides is 1. The number of carbonyl (C=O) groups excluding carboxylic acids is 1. The average molecular weight is 332 g/mol. The first-order valence-electron chi connectivity index (χ1n) is 8.03. The van der Waals surface area contributed by atoms with Gasteiger partial charge < -0.3 is 5.32 Å². The largest absolute Gasteiger partial charge is 0.348 e. The van der Waals surface area contributed by atoms with Gasteiger partial charge in [-0.3, -0.25) is 14.5 Å². The standard InChI is InChI=1S/C20H20N4O/c1-4-20(25)22-13-16-7-6-15(18-8-5-14(2)12-21-18)11-17(16)19-9-10-24(3)23-19/h4-12H,1,13H2,2-3H3,(H,22,25). The summed E-state index contributed by atoms with van der Waals surface area (Å²) in [5.74, 6) is -0.198. The van der Waals surface area contributed by atoms with E-state index in [2.05, 4.69) is 28.0 Å². The maximum absolute atomic E-state index is 11.5. The topological polar surface area (TPSA) is 59.8 Å². The second-order valence-corrected chi connectivity index (χ2v) is 5.89. The van der Waals surface area contributed by atoms with Gasteiger partial charge in [-0.2, -0.15) is 5.10 Å². The lowest BCUT2D eigenvalue weighted by Gasteiger charge is -2.11. The third kappa shape index (κ3) is 3.83. The van der Waals surface area contributed by atoms with Crippen LogP contribution in [0.1, 0.15) is 11.1 Å². The lowest BCUT2D eigenvalue weighted by Crippen LogP contribution is -2.20. The van der Waals surface area contributed by atoms with Crippen LogP contribution in [0.3, 0.4) is 0 Å². The third-order valence-electron chi connectivity index (χ3n) is 3.95. The van der Waals surface area contributed by atoms with Crippen LogP contribution in [0.25, 0.3) is 22.5 Å². The Morgan fingerprint density at radius 2 is 2.08 bits per heavy atom. The molecule has 0 bridgehead atoms. The van der Waals surface area contributed by atoms with E-state index in [-0.39, 0.29) is 5.91 Å². The van der Waals surface area contributed by atoms with E-state index in [9.17, 15) is 4.79 Å². The number of pyridine rings is 1. The number of hydrogen-bond acceptors (Lipinski definition) is 3. The smallest absolute Gasteiger partial charge is 0.243 e. The molecule has 2 aromatic heterocycles. The number of carbonyl (C=O) groups is 1. The van der Waals surface area contributed by atoms with Gasteiger partial charge in [-0.05, 0) is 42.3 Å². The van der Waals surface area contributed by atoms with Crippen molar-refractivity contribution in [3.05, 3.63) is 72.6 Å². The number of nitrogens with one attached hydrogen (secondary N) is 1. The Labute approximate surface area is 147 Å². The average Bonchev–Trinajstić information content (AvgIpc) is 3.06. The quantitative estimate of drug-likeness (QED) is 0.730. The highest BCUT2D eigenvalue weighted by atomic mass is 16.1. The van der Waals surface area contributed by atoms with Crippen LogP contribution in [-0.4, -0.2) is 20.7 Å². The van der Waals surface area contributed by atoms with E-state index in [1.807, 2.05) is 56.7 Å². The van der Waals surface area contributed by atoms with Gasteiger partial charge in [0.05, 0.1) is 11.4 Å². The van der Waals surface area contributed by atoms with Crippen LogP contribution >= 0.6 is 0 Å². The SMILES string of the molecule is C=CC(=O)NCc1ccc(-c2ccc(C)cn2)cc1-c1ccn(C)n1. The molecule has 0 aliphatic heterocycles. The summed E-state index contributed by atoms with van der Waals surface area (Å²) in [7, 11) is 1.88. The zero-order valence-electron chi connectivity index (χ0n) is 14.4. The van der Waals surface area contributed by atoms with Crippen molar-refractivity contribution < 1.29 is 4.79 Å². The lowest BCUT2D eigenvalue weighted by molar-refractivity contribution is -0.116. The van der Waals surface area contributed by atoms with Gasteiger partial charge in [-0.25, -0.2) is 0 Å². The zero-order valence-corrected chi connectivity index (χ0v) is 14.4. The lowest BCUT2D eigenvalue weighted by atomic mass is 9.99. The Morgan fingerprint density at radius 3 is 2.72 bits per heavy atom. The first-order valence-corrected chi connectivity index (χ1v) is 8.03. The molecule has 3 aromatic rings. The van der Waals surface area contributed by atoms with Crippen LogP contribution in [0.2, 0.25) is 0 Å². The molecule has 0 radical (unpaired) electrons. The molecule has 5 heteroatoms. The van der Waals surface area contributed by atoms with E-state index < -0.39 is 0 Å². The van der Waals surface area contributed by atoms with Gasteiger partial charge in [0.1, 0.15) is 0 Å². The molecule has 1 aromatic carbocycles. The molecular formula is C20H20N4O. The second kappa shape index (κ2) is 7.13. The summed E-state index contributed by atoms with van der Waals surface area (Å²) in [5.41, 5.74) is 5.87. The Bertz CT molecular complexity index is 910. The van der Waals surface area contributed by atoms with Crippen molar-refractivity contribution in [3.63, 3.8) is 0 Å². The Hall–Kier alpha value is -3.21. The van der Waals surface area contributed by atoms with Crippen molar-refractivity contribution >= 4 is 5.91 Å². The number of rotatable bonds is 5. The van der Waals surface area contributed by atoms with Gasteiger partial charge >= 0.3 is 0 Å². The molecule has 1 N–H and O–H groups in total. The zero-order chi connectivity index (χ0) is 17.8. The molecule has 0 fully saturated rings. The molecule has 2 heterocycles. The van der Waals surface area contributed by atoms with E-state index in [4.69, 9.17) is 0 Å². The molecule has 0 atom stereocenters. The van der Waals surface area contributed by atoms with E-state index in [1.54, 1.807) is 4.68 Å². The van der Waals surface area contributed by atoms with E-state index >= 15 is 0 Å². The van der Waals surface area contributed by atoms with Crippen LogP contribution in [-0.2, 0) is 18.4 Å². The highest BCUT2D eigenvalue weighted by molar-refractivity contribution is 5.87. The van der Waals surface area contributed by atoms with Crippen molar-refractivity contribution in [2.45, 2.75) is 13.5 Å². The Balaban J connectivity index is 2.02. The fourth-order valence-corrected chi connectivity index (χ4v) is 2.58. The summed E-state index contributed by atoms with van der Waals surface area (Å²) in [6.45, 7) is 5.91. The maximum atomic E-state index is 11.5. The summed E-state index contributed by atoms with van der Waals surface area (Å²) >= 11 is 0. The summed E-state index contributed by atoms with van der Waals surface area (Å²) in [6, 6.07) is 12.1. The van der Waals surface area contributed by atoms with Crippen LogP contribution in [0.15, 0.2) is 61.4 Å². The van der Waals surface area contributed by atoms with Crippen molar-refractivity contribution in [3.8, 4) is 22.5 Å². The normalized spacial score (nSPS) is 10.5. The second-order valence-electron chi connectivity index (χ2n) is 5.89. The van der Waals surface area contributed by atoms with Crippen LogP contribution in [0.4, 0.5) is 0 Å². The van der Waals surface area contributed by atoms with Crippen molar-refractivity contribution in [2.75, 3.05) is 0 Å². The third-order valence-corrected chi connectivity index (χ3v) is 3.95. The minimum atomic E-state index is -0.198. The number of nitrogens with zero attached hydrogens (tertiary/aromatic N) is 3. The minimum absolute atomic E-state index is 0.198. The molecule has 1 amide bonds. The molecular weight excluding hydrogens is 312 g/mol. The summed E-state index contributed by atoms with van der Waals surface area (Å²) < 4.78 is 1.76. The molecule has 0 aliphatic carbocycles. The van der Waals surface area contributed by atoms with Crippen molar-refractivity contribution in [1.82, 2.24) is 20.1 Å². The molecule has 3 rings (SSSR count). The van der Waals surface area contributed by atoms with E-state index in [0.717, 1.165) is 33.6 Å². The van der Waals surface area contributed by atoms with Crippen molar-refractivity contribution in [2.24, 2.45) is 7.05 Å². The predicted molar refractivity (Wildman–Crippen MR) is 98.7 cm³/mol. The fraction of sp³-hybridized carbons (Fsp3) is 0.150. The number of benzene rings is 1. The maximum Gasteiger partial charge on any atom is 0.243 e. The van der Waals surface area contributed by atoms with Gasteiger partial charge in [0.15, 0.2) is 0 Å².